The Morgan fingerprint density at radius 1 is 1.11 bits per heavy atom. The van der Waals surface area contributed by atoms with E-state index in [1.807, 2.05) is 0 Å². The third-order valence-corrected chi connectivity index (χ3v) is 1.37. The Morgan fingerprint density at radius 2 is 2.00 bits per heavy atom. The molecule has 0 spiro atoms. The average molecular weight is 120 g/mol. The van der Waals surface area contributed by atoms with Crippen molar-refractivity contribution in [3.05, 3.63) is 36.5 Å². The van der Waals surface area contributed by atoms with Crippen LogP contribution in [0.3, 0.4) is 0 Å². The van der Waals surface area contributed by atoms with Gasteiger partial charge in [0.1, 0.15) is 0 Å². The SMILES string of the molecule is CC1C=CC/C=C\C=C/1. The maximum absolute atomic E-state index is 2.22. The van der Waals surface area contributed by atoms with Gasteiger partial charge in [0.2, 0.25) is 0 Å². The summed E-state index contributed by atoms with van der Waals surface area (Å²) in [6.45, 7) is 2.19. The van der Waals surface area contributed by atoms with Crippen molar-refractivity contribution in [2.24, 2.45) is 5.92 Å². The largest absolute Gasteiger partial charge is 0.0842 e. The fourth-order valence-electron chi connectivity index (χ4n) is 0.832. The average Bonchev–Trinajstić information content (AvgIpc) is 1.79. The van der Waals surface area contributed by atoms with Crippen molar-refractivity contribution in [1.82, 2.24) is 0 Å². The molecular weight excluding hydrogens is 108 g/mol. The molecule has 1 rings (SSSR count). The van der Waals surface area contributed by atoms with Crippen LogP contribution >= 0.6 is 0 Å². The molecule has 0 radical (unpaired) electrons. The van der Waals surface area contributed by atoms with Gasteiger partial charge in [-0.2, -0.15) is 0 Å². The highest BCUT2D eigenvalue weighted by Crippen LogP contribution is 2.03. The Hall–Kier alpha value is -0.780. The molecule has 1 aliphatic carbocycles. The second kappa shape index (κ2) is 3.29. The van der Waals surface area contributed by atoms with E-state index in [9.17, 15) is 0 Å². The van der Waals surface area contributed by atoms with Crippen LogP contribution in [-0.2, 0) is 0 Å². The maximum Gasteiger partial charge on any atom is -0.00787 e. The standard InChI is InChI=1S/C9H12/c1-9-7-5-3-2-4-6-8-9/h2-3,5-9H,4H2,1H3/b3-2-,7-5-,8-6?. The zero-order valence-electron chi connectivity index (χ0n) is 5.75. The highest BCUT2D eigenvalue weighted by Gasteiger charge is 1.87. The molecule has 0 nitrogen and oxygen atoms in total. The van der Waals surface area contributed by atoms with Crippen LogP contribution < -0.4 is 0 Å². The molecule has 9 heavy (non-hydrogen) atoms. The van der Waals surface area contributed by atoms with Crippen LogP contribution in [0, 0.1) is 5.92 Å². The van der Waals surface area contributed by atoms with Crippen LogP contribution in [0.25, 0.3) is 0 Å². The monoisotopic (exact) mass is 120 g/mol. The van der Waals surface area contributed by atoms with E-state index < -0.39 is 0 Å². The third-order valence-electron chi connectivity index (χ3n) is 1.37. The Bertz CT molecular complexity index is 149. The predicted molar refractivity (Wildman–Crippen MR) is 41.2 cm³/mol. The van der Waals surface area contributed by atoms with Crippen molar-refractivity contribution in [3.8, 4) is 0 Å². The summed E-state index contributed by atoms with van der Waals surface area (Å²) >= 11 is 0. The van der Waals surface area contributed by atoms with Gasteiger partial charge in [-0.15, -0.1) is 0 Å². The maximum atomic E-state index is 2.22. The third kappa shape index (κ3) is 2.31. The Balaban J connectivity index is 2.61. The van der Waals surface area contributed by atoms with Crippen LogP contribution in [-0.4, -0.2) is 0 Å². The highest BCUT2D eigenvalue weighted by atomic mass is 13.9. The van der Waals surface area contributed by atoms with Gasteiger partial charge in [-0.3, -0.25) is 0 Å². The lowest BCUT2D eigenvalue weighted by molar-refractivity contribution is 0.931. The van der Waals surface area contributed by atoms with E-state index in [0.717, 1.165) is 6.42 Å². The van der Waals surface area contributed by atoms with E-state index in [1.54, 1.807) is 0 Å². The van der Waals surface area contributed by atoms with Gasteiger partial charge in [-0.25, -0.2) is 0 Å². The van der Waals surface area contributed by atoms with E-state index in [1.165, 1.54) is 0 Å². The van der Waals surface area contributed by atoms with Crippen molar-refractivity contribution in [2.45, 2.75) is 13.3 Å². The number of hydrogen-bond donors (Lipinski definition) is 0. The minimum absolute atomic E-state index is 0.606. The molecule has 0 bridgehead atoms. The number of hydrogen-bond acceptors (Lipinski definition) is 0. The molecule has 0 aliphatic heterocycles. The molecule has 0 fully saturated rings. The second-order valence-electron chi connectivity index (χ2n) is 2.34. The molecule has 0 aromatic carbocycles. The molecule has 0 N–H and O–H groups in total. The highest BCUT2D eigenvalue weighted by molar-refractivity contribution is 5.12. The molecule has 48 valence electrons. The molecule has 1 unspecified atom stereocenters. The van der Waals surface area contributed by atoms with Crippen LogP contribution in [0.15, 0.2) is 36.5 Å². The molecule has 1 atom stereocenters. The minimum atomic E-state index is 0.606. The van der Waals surface area contributed by atoms with Gasteiger partial charge >= 0.3 is 0 Å². The van der Waals surface area contributed by atoms with E-state index in [4.69, 9.17) is 0 Å². The van der Waals surface area contributed by atoms with E-state index in [0.29, 0.717) is 5.92 Å². The van der Waals surface area contributed by atoms with Crippen molar-refractivity contribution in [1.29, 1.82) is 0 Å². The Labute approximate surface area is 56.6 Å². The summed E-state index contributed by atoms with van der Waals surface area (Å²) in [6.07, 6.45) is 14.0. The molecule has 0 saturated carbocycles. The van der Waals surface area contributed by atoms with Gasteiger partial charge in [0, 0.05) is 0 Å². The van der Waals surface area contributed by atoms with E-state index >= 15 is 0 Å². The van der Waals surface area contributed by atoms with Crippen LogP contribution in [0.5, 0.6) is 0 Å². The van der Waals surface area contributed by atoms with E-state index in [-0.39, 0.29) is 0 Å². The number of rotatable bonds is 0. The lowest BCUT2D eigenvalue weighted by atomic mass is 10.1. The number of allylic oxidation sites excluding steroid dienone is 6. The van der Waals surface area contributed by atoms with Crippen molar-refractivity contribution in [2.75, 3.05) is 0 Å². The summed E-state index contributed by atoms with van der Waals surface area (Å²) in [5, 5.41) is 0. The molecule has 0 heteroatoms. The molecular formula is C9H12. The lowest BCUT2D eigenvalue weighted by Gasteiger charge is -1.97. The van der Waals surface area contributed by atoms with Crippen molar-refractivity contribution < 1.29 is 0 Å². The van der Waals surface area contributed by atoms with Gasteiger partial charge in [0.15, 0.2) is 0 Å². The van der Waals surface area contributed by atoms with E-state index in [2.05, 4.69) is 43.4 Å². The summed E-state index contributed by atoms with van der Waals surface area (Å²) in [4.78, 5) is 0. The van der Waals surface area contributed by atoms with Gasteiger partial charge in [0.05, 0.1) is 0 Å². The molecule has 0 saturated heterocycles. The first-order chi connectivity index (χ1) is 4.39. The van der Waals surface area contributed by atoms with Gasteiger partial charge in [0.25, 0.3) is 0 Å². The van der Waals surface area contributed by atoms with Crippen molar-refractivity contribution in [3.63, 3.8) is 0 Å². The first-order valence-corrected chi connectivity index (χ1v) is 3.39. The first kappa shape index (κ1) is 6.34. The fraction of sp³-hybridized carbons (Fsp3) is 0.333. The smallest absolute Gasteiger partial charge is 0.00787 e. The summed E-state index contributed by atoms with van der Waals surface area (Å²) < 4.78 is 0. The Kier molecular flexibility index (Phi) is 2.32. The normalized spacial score (nSPS) is 32.8. The zero-order valence-corrected chi connectivity index (χ0v) is 5.75. The van der Waals surface area contributed by atoms with Crippen LogP contribution in [0.2, 0.25) is 0 Å². The summed E-state index contributed by atoms with van der Waals surface area (Å²) in [6, 6.07) is 0. The molecule has 1 aliphatic rings. The predicted octanol–water partition coefficient (Wildman–Crippen LogP) is 2.69. The quantitative estimate of drug-likeness (QED) is 0.431. The lowest BCUT2D eigenvalue weighted by Crippen LogP contribution is -1.81. The molecule has 0 aromatic rings. The summed E-state index contributed by atoms with van der Waals surface area (Å²) in [7, 11) is 0. The van der Waals surface area contributed by atoms with Gasteiger partial charge in [-0.1, -0.05) is 43.4 Å². The Morgan fingerprint density at radius 3 is 2.89 bits per heavy atom. The fourth-order valence-corrected chi connectivity index (χ4v) is 0.832. The second-order valence-corrected chi connectivity index (χ2v) is 2.34. The molecule has 0 heterocycles. The van der Waals surface area contributed by atoms with Gasteiger partial charge in [-0.05, 0) is 12.3 Å². The van der Waals surface area contributed by atoms with Gasteiger partial charge < -0.3 is 0 Å². The summed E-state index contributed by atoms with van der Waals surface area (Å²) in [5.74, 6) is 0.606. The van der Waals surface area contributed by atoms with Crippen LogP contribution in [0.4, 0.5) is 0 Å². The molecule has 0 aromatic heterocycles. The zero-order chi connectivity index (χ0) is 6.53. The van der Waals surface area contributed by atoms with Crippen molar-refractivity contribution >= 4 is 0 Å². The van der Waals surface area contributed by atoms with Crippen LogP contribution in [0.1, 0.15) is 13.3 Å². The molecule has 0 amide bonds. The summed E-state index contributed by atoms with van der Waals surface area (Å²) in [5.41, 5.74) is 0. The first-order valence-electron chi connectivity index (χ1n) is 3.39. The minimum Gasteiger partial charge on any atom is -0.0842 e. The topological polar surface area (TPSA) is 0 Å².